The van der Waals surface area contributed by atoms with Crippen LogP contribution < -0.4 is 15.4 Å². The Morgan fingerprint density at radius 3 is 2.37 bits per heavy atom. The number of hydrogen-bond donors (Lipinski definition) is 2. The van der Waals surface area contributed by atoms with Gasteiger partial charge in [-0.2, -0.15) is 0 Å². The van der Waals surface area contributed by atoms with Gasteiger partial charge in [-0.15, -0.1) is 0 Å². The van der Waals surface area contributed by atoms with E-state index in [1.807, 2.05) is 31.2 Å². The number of carbonyl (C=O) groups excluding carboxylic acids is 2. The van der Waals surface area contributed by atoms with E-state index in [0.717, 1.165) is 6.42 Å². The molecule has 0 aliphatic carbocycles. The van der Waals surface area contributed by atoms with Crippen molar-refractivity contribution in [3.05, 3.63) is 59.7 Å². The molecule has 2 rings (SSSR count). The van der Waals surface area contributed by atoms with Gasteiger partial charge in [0, 0.05) is 17.8 Å². The van der Waals surface area contributed by atoms with Crippen molar-refractivity contribution in [2.75, 3.05) is 18.5 Å². The van der Waals surface area contributed by atoms with Crippen molar-refractivity contribution in [1.82, 2.24) is 5.32 Å². The van der Waals surface area contributed by atoms with Crippen LogP contribution in [0.5, 0.6) is 5.75 Å². The molecule has 144 valence electrons. The van der Waals surface area contributed by atoms with E-state index in [0.29, 0.717) is 23.5 Å². The van der Waals surface area contributed by atoms with Gasteiger partial charge in [0.1, 0.15) is 5.75 Å². The third-order valence-corrected chi connectivity index (χ3v) is 4.03. The van der Waals surface area contributed by atoms with Crippen LogP contribution in [0.2, 0.25) is 0 Å². The number of anilines is 1. The van der Waals surface area contributed by atoms with Crippen LogP contribution in [-0.2, 0) is 10.2 Å². The van der Waals surface area contributed by atoms with Gasteiger partial charge >= 0.3 is 0 Å². The SMILES string of the molecule is CCCNC(=O)c1cccc(NC(=O)COc2ccc(C(C)(C)C)cc2)c1. The Morgan fingerprint density at radius 1 is 1.04 bits per heavy atom. The number of nitrogens with one attached hydrogen (secondary N) is 2. The summed E-state index contributed by atoms with van der Waals surface area (Å²) in [5.41, 5.74) is 2.36. The second-order valence-corrected chi connectivity index (χ2v) is 7.45. The zero-order valence-corrected chi connectivity index (χ0v) is 16.5. The monoisotopic (exact) mass is 368 g/mol. The lowest BCUT2D eigenvalue weighted by atomic mass is 9.87. The van der Waals surface area contributed by atoms with E-state index in [9.17, 15) is 9.59 Å². The highest BCUT2D eigenvalue weighted by Gasteiger charge is 2.13. The van der Waals surface area contributed by atoms with Crippen LogP contribution in [0.4, 0.5) is 5.69 Å². The van der Waals surface area contributed by atoms with Gasteiger partial charge in [0.05, 0.1) is 0 Å². The summed E-state index contributed by atoms with van der Waals surface area (Å²) in [6.45, 7) is 8.96. The lowest BCUT2D eigenvalue weighted by Crippen LogP contribution is -2.24. The number of carbonyl (C=O) groups is 2. The van der Waals surface area contributed by atoms with E-state index >= 15 is 0 Å². The Morgan fingerprint density at radius 2 is 1.74 bits per heavy atom. The lowest BCUT2D eigenvalue weighted by molar-refractivity contribution is -0.118. The van der Waals surface area contributed by atoms with Gasteiger partial charge in [-0.05, 0) is 47.7 Å². The molecule has 27 heavy (non-hydrogen) atoms. The molecule has 0 fully saturated rings. The topological polar surface area (TPSA) is 67.4 Å². The number of ether oxygens (including phenoxy) is 1. The fourth-order valence-corrected chi connectivity index (χ4v) is 2.48. The summed E-state index contributed by atoms with van der Waals surface area (Å²) in [5.74, 6) is 0.218. The molecule has 2 N–H and O–H groups in total. The maximum absolute atomic E-state index is 12.1. The highest BCUT2D eigenvalue weighted by molar-refractivity contribution is 5.97. The molecule has 0 spiro atoms. The summed E-state index contributed by atoms with van der Waals surface area (Å²) in [5, 5.41) is 5.57. The average molecular weight is 368 g/mol. The first-order chi connectivity index (χ1) is 12.8. The van der Waals surface area contributed by atoms with Crippen LogP contribution in [0.25, 0.3) is 0 Å². The maximum Gasteiger partial charge on any atom is 0.262 e. The molecule has 2 aromatic rings. The van der Waals surface area contributed by atoms with Crippen LogP contribution in [0.15, 0.2) is 48.5 Å². The molecule has 0 atom stereocenters. The standard InChI is InChI=1S/C22H28N2O3/c1-5-13-23-21(26)16-7-6-8-18(14-16)24-20(25)15-27-19-11-9-17(10-12-19)22(2,3)4/h6-12,14H,5,13,15H2,1-4H3,(H,23,26)(H,24,25). The molecule has 0 aliphatic rings. The van der Waals surface area contributed by atoms with E-state index in [4.69, 9.17) is 4.74 Å². The predicted octanol–water partition coefficient (Wildman–Crippen LogP) is 4.14. The van der Waals surface area contributed by atoms with Crippen LogP contribution >= 0.6 is 0 Å². The molecule has 5 nitrogen and oxygen atoms in total. The van der Waals surface area contributed by atoms with E-state index in [1.54, 1.807) is 24.3 Å². The molecule has 0 radical (unpaired) electrons. The van der Waals surface area contributed by atoms with Crippen molar-refractivity contribution < 1.29 is 14.3 Å². The van der Waals surface area contributed by atoms with Gasteiger partial charge in [-0.3, -0.25) is 9.59 Å². The van der Waals surface area contributed by atoms with Crippen molar-refractivity contribution in [3.63, 3.8) is 0 Å². The Labute approximate surface area is 161 Å². The summed E-state index contributed by atoms with van der Waals surface area (Å²) in [7, 11) is 0. The van der Waals surface area contributed by atoms with Crippen molar-refractivity contribution >= 4 is 17.5 Å². The van der Waals surface area contributed by atoms with Crippen LogP contribution in [0, 0.1) is 0 Å². The highest BCUT2D eigenvalue weighted by atomic mass is 16.5. The van der Waals surface area contributed by atoms with Crippen molar-refractivity contribution in [3.8, 4) is 5.75 Å². The predicted molar refractivity (Wildman–Crippen MR) is 108 cm³/mol. The van der Waals surface area contributed by atoms with Crippen molar-refractivity contribution in [1.29, 1.82) is 0 Å². The Bertz CT molecular complexity index is 777. The Hall–Kier alpha value is -2.82. The Balaban J connectivity index is 1.89. The fraction of sp³-hybridized carbons (Fsp3) is 0.364. The molecule has 0 saturated carbocycles. The number of amides is 2. The van der Waals surface area contributed by atoms with Gasteiger partial charge < -0.3 is 15.4 Å². The highest BCUT2D eigenvalue weighted by Crippen LogP contribution is 2.24. The maximum atomic E-state index is 12.1. The van der Waals surface area contributed by atoms with Gasteiger partial charge in [0.15, 0.2) is 6.61 Å². The normalized spacial score (nSPS) is 11.0. The molecule has 2 aromatic carbocycles. The molecule has 0 heterocycles. The summed E-state index contributed by atoms with van der Waals surface area (Å²) in [6.07, 6.45) is 0.871. The molecular formula is C22H28N2O3. The molecule has 0 saturated heterocycles. The summed E-state index contributed by atoms with van der Waals surface area (Å²) >= 11 is 0. The summed E-state index contributed by atoms with van der Waals surface area (Å²) < 4.78 is 5.55. The molecule has 0 aliphatic heterocycles. The molecule has 0 unspecified atom stereocenters. The molecule has 0 bridgehead atoms. The minimum absolute atomic E-state index is 0.0738. The van der Waals surface area contributed by atoms with E-state index in [1.165, 1.54) is 5.56 Å². The first kappa shape index (κ1) is 20.5. The van der Waals surface area contributed by atoms with Gasteiger partial charge in [0.25, 0.3) is 11.8 Å². The van der Waals surface area contributed by atoms with Gasteiger partial charge in [0.2, 0.25) is 0 Å². The first-order valence-electron chi connectivity index (χ1n) is 9.21. The quantitative estimate of drug-likeness (QED) is 0.772. The summed E-state index contributed by atoms with van der Waals surface area (Å²) in [4.78, 5) is 24.1. The van der Waals surface area contributed by atoms with Crippen LogP contribution in [-0.4, -0.2) is 25.0 Å². The molecule has 5 heteroatoms. The number of benzene rings is 2. The van der Waals surface area contributed by atoms with Gasteiger partial charge in [-0.1, -0.05) is 45.9 Å². The third kappa shape index (κ3) is 6.44. The lowest BCUT2D eigenvalue weighted by Gasteiger charge is -2.19. The second kappa shape index (κ2) is 9.21. The smallest absolute Gasteiger partial charge is 0.262 e. The van der Waals surface area contributed by atoms with E-state index in [-0.39, 0.29) is 23.8 Å². The number of rotatable bonds is 7. The van der Waals surface area contributed by atoms with Gasteiger partial charge in [-0.25, -0.2) is 0 Å². The zero-order valence-electron chi connectivity index (χ0n) is 16.5. The second-order valence-electron chi connectivity index (χ2n) is 7.45. The minimum Gasteiger partial charge on any atom is -0.484 e. The molecule has 0 aromatic heterocycles. The van der Waals surface area contributed by atoms with Crippen molar-refractivity contribution in [2.24, 2.45) is 0 Å². The largest absolute Gasteiger partial charge is 0.484 e. The fourth-order valence-electron chi connectivity index (χ4n) is 2.48. The van der Waals surface area contributed by atoms with E-state index < -0.39 is 0 Å². The first-order valence-corrected chi connectivity index (χ1v) is 9.21. The minimum atomic E-state index is -0.277. The molecular weight excluding hydrogens is 340 g/mol. The number of hydrogen-bond acceptors (Lipinski definition) is 3. The molecule has 2 amide bonds. The average Bonchev–Trinajstić information content (AvgIpc) is 2.64. The van der Waals surface area contributed by atoms with Crippen LogP contribution in [0.1, 0.15) is 50.0 Å². The summed E-state index contributed by atoms with van der Waals surface area (Å²) in [6, 6.07) is 14.6. The van der Waals surface area contributed by atoms with Crippen molar-refractivity contribution in [2.45, 2.75) is 39.5 Å². The zero-order chi connectivity index (χ0) is 19.9. The van der Waals surface area contributed by atoms with Crippen LogP contribution in [0.3, 0.4) is 0 Å². The third-order valence-electron chi connectivity index (χ3n) is 4.03. The Kier molecular flexibility index (Phi) is 6.99. The van der Waals surface area contributed by atoms with E-state index in [2.05, 4.69) is 31.4 Å².